The second-order valence-electron chi connectivity index (χ2n) is 7.17. The summed E-state index contributed by atoms with van der Waals surface area (Å²) >= 11 is 3.63. The average molecular weight is 335 g/mol. The molecule has 4 rings (SSSR count). The maximum atomic E-state index is 6.42. The van der Waals surface area contributed by atoms with E-state index in [9.17, 15) is 0 Å². The molecule has 1 aromatic rings. The van der Waals surface area contributed by atoms with Crippen LogP contribution in [0.1, 0.15) is 44.6 Å². The molecule has 1 heterocycles. The second kappa shape index (κ2) is 4.33. The fourth-order valence-corrected chi connectivity index (χ4v) is 6.04. The molecule has 2 aliphatic carbocycles. The molecular weight excluding hydrogens is 312 g/mol. The van der Waals surface area contributed by atoms with E-state index in [1.807, 2.05) is 0 Å². The minimum absolute atomic E-state index is 0.172. The first-order valence-corrected chi connectivity index (χ1v) is 9.08. The smallest absolute Gasteiger partial charge is 0.102 e. The summed E-state index contributed by atoms with van der Waals surface area (Å²) in [6, 6.07) is 10.9. The lowest BCUT2D eigenvalue weighted by atomic mass is 9.68. The minimum Gasteiger partial charge on any atom is -0.362 e. The zero-order valence-corrected chi connectivity index (χ0v) is 13.8. The predicted octanol–water partition coefficient (Wildman–Crippen LogP) is 4.73. The number of rotatable bonds is 5. The van der Waals surface area contributed by atoms with E-state index in [0.717, 1.165) is 11.2 Å². The van der Waals surface area contributed by atoms with Crippen LogP contribution in [0.25, 0.3) is 0 Å². The molecule has 1 nitrogen and oxygen atoms in total. The van der Waals surface area contributed by atoms with Gasteiger partial charge in [0.25, 0.3) is 0 Å². The van der Waals surface area contributed by atoms with Crippen LogP contribution in [0.3, 0.4) is 0 Å². The van der Waals surface area contributed by atoms with Crippen molar-refractivity contribution in [2.24, 2.45) is 11.3 Å². The third-order valence-electron chi connectivity index (χ3n) is 6.63. The molecule has 0 unspecified atom stereocenters. The van der Waals surface area contributed by atoms with Gasteiger partial charge >= 0.3 is 0 Å². The Hall–Kier alpha value is -0.340. The fraction of sp³-hybridized carbons (Fsp3) is 0.667. The van der Waals surface area contributed by atoms with Crippen LogP contribution in [-0.2, 0) is 11.2 Å². The molecule has 0 spiro atoms. The molecular formula is C18H23BrO. The number of hydrogen-bond acceptors (Lipinski definition) is 1. The summed E-state index contributed by atoms with van der Waals surface area (Å²) in [5.41, 5.74) is 2.33. The zero-order chi connectivity index (χ0) is 13.8. The number of benzene rings is 1. The molecule has 108 valence electrons. The fourth-order valence-electron chi connectivity index (χ4n) is 5.45. The van der Waals surface area contributed by atoms with Gasteiger partial charge in [-0.15, -0.1) is 0 Å². The van der Waals surface area contributed by atoms with Gasteiger partial charge in [0.1, 0.15) is 11.2 Å². The molecule has 0 N–H and O–H groups in total. The molecule has 3 aliphatic rings. The highest BCUT2D eigenvalue weighted by Gasteiger charge is 2.84. The van der Waals surface area contributed by atoms with Gasteiger partial charge in [0.15, 0.2) is 0 Å². The van der Waals surface area contributed by atoms with Crippen LogP contribution >= 0.6 is 15.9 Å². The largest absolute Gasteiger partial charge is 0.362 e. The van der Waals surface area contributed by atoms with Crippen LogP contribution in [0.2, 0.25) is 0 Å². The standard InChI is InChI=1S/C18H23BrO/c1-16-17(9-7-14-5-3-2-4-6-14)10-8-15(13-17)18(16,20-16)11-12-19/h2-6,15H,7-13H2,1H3/t15-,16-,17+,18+/m1/s1. The summed E-state index contributed by atoms with van der Waals surface area (Å²) < 4.78 is 6.42. The molecule has 20 heavy (non-hydrogen) atoms. The van der Waals surface area contributed by atoms with E-state index in [-0.39, 0.29) is 11.2 Å². The van der Waals surface area contributed by atoms with Gasteiger partial charge in [-0.1, -0.05) is 46.3 Å². The van der Waals surface area contributed by atoms with Gasteiger partial charge in [-0.3, -0.25) is 0 Å². The summed E-state index contributed by atoms with van der Waals surface area (Å²) in [6.07, 6.45) is 7.87. The molecule has 4 atom stereocenters. The highest BCUT2D eigenvalue weighted by atomic mass is 79.9. The van der Waals surface area contributed by atoms with E-state index in [4.69, 9.17) is 4.74 Å². The van der Waals surface area contributed by atoms with Crippen molar-refractivity contribution in [3.8, 4) is 0 Å². The monoisotopic (exact) mass is 334 g/mol. The maximum absolute atomic E-state index is 6.42. The average Bonchev–Trinajstić information content (AvgIpc) is 2.83. The van der Waals surface area contributed by atoms with E-state index in [1.165, 1.54) is 44.1 Å². The van der Waals surface area contributed by atoms with Gasteiger partial charge in [0, 0.05) is 10.7 Å². The third-order valence-corrected chi connectivity index (χ3v) is 7.03. The van der Waals surface area contributed by atoms with Crippen molar-refractivity contribution in [1.82, 2.24) is 0 Å². The Bertz CT molecular complexity index is 515. The summed E-state index contributed by atoms with van der Waals surface area (Å²) in [5, 5.41) is 1.08. The van der Waals surface area contributed by atoms with E-state index < -0.39 is 0 Å². The number of fused-ring (bicyclic) bond motifs is 5. The summed E-state index contributed by atoms with van der Waals surface area (Å²) in [5.74, 6) is 0.820. The minimum atomic E-state index is 0.172. The van der Waals surface area contributed by atoms with Gasteiger partial charge in [-0.05, 0) is 56.9 Å². The molecule has 2 saturated carbocycles. The summed E-state index contributed by atoms with van der Waals surface area (Å²) in [4.78, 5) is 0. The zero-order valence-electron chi connectivity index (χ0n) is 12.2. The van der Waals surface area contributed by atoms with Crippen molar-refractivity contribution in [2.45, 2.75) is 56.7 Å². The predicted molar refractivity (Wildman–Crippen MR) is 85.2 cm³/mol. The Kier molecular flexibility index (Phi) is 2.89. The first-order chi connectivity index (χ1) is 9.66. The van der Waals surface area contributed by atoms with Crippen molar-refractivity contribution in [3.63, 3.8) is 0 Å². The number of ether oxygens (including phenoxy) is 1. The second-order valence-corrected chi connectivity index (χ2v) is 7.96. The van der Waals surface area contributed by atoms with Crippen LogP contribution in [-0.4, -0.2) is 16.5 Å². The van der Waals surface area contributed by atoms with E-state index in [2.05, 4.69) is 53.2 Å². The van der Waals surface area contributed by atoms with Crippen molar-refractivity contribution in [3.05, 3.63) is 35.9 Å². The Balaban J connectivity index is 1.54. The molecule has 0 radical (unpaired) electrons. The highest BCUT2D eigenvalue weighted by molar-refractivity contribution is 9.09. The molecule has 0 aromatic heterocycles. The van der Waals surface area contributed by atoms with Crippen LogP contribution in [0.4, 0.5) is 0 Å². The lowest BCUT2D eigenvalue weighted by Gasteiger charge is -2.33. The SMILES string of the molecule is C[C@]12O[C@@]1(CCBr)[C@@H]1CC[C@@]2(CCc2ccccc2)C1. The molecule has 2 bridgehead atoms. The normalized spacial score (nSPS) is 44.6. The van der Waals surface area contributed by atoms with Crippen molar-refractivity contribution < 1.29 is 4.74 Å². The molecule has 2 heteroatoms. The quantitative estimate of drug-likeness (QED) is 0.560. The van der Waals surface area contributed by atoms with E-state index >= 15 is 0 Å². The summed E-state index contributed by atoms with van der Waals surface area (Å²) in [7, 11) is 0. The first-order valence-electron chi connectivity index (χ1n) is 7.96. The van der Waals surface area contributed by atoms with Crippen molar-refractivity contribution in [1.29, 1.82) is 0 Å². The lowest BCUT2D eigenvalue weighted by molar-refractivity contribution is 0.0935. The lowest BCUT2D eigenvalue weighted by Crippen LogP contribution is -2.38. The van der Waals surface area contributed by atoms with Crippen molar-refractivity contribution >= 4 is 15.9 Å². The highest BCUT2D eigenvalue weighted by Crippen LogP contribution is 2.79. The molecule has 0 amide bonds. The third kappa shape index (κ3) is 1.53. The van der Waals surface area contributed by atoms with Crippen LogP contribution < -0.4 is 0 Å². The Morgan fingerprint density at radius 1 is 1.25 bits per heavy atom. The number of hydrogen-bond donors (Lipinski definition) is 0. The van der Waals surface area contributed by atoms with Crippen LogP contribution in [0.15, 0.2) is 30.3 Å². The number of halogens is 1. The first kappa shape index (κ1) is 13.3. The summed E-state index contributed by atoms with van der Waals surface area (Å²) in [6.45, 7) is 2.40. The van der Waals surface area contributed by atoms with Gasteiger partial charge < -0.3 is 4.74 Å². The van der Waals surface area contributed by atoms with Gasteiger partial charge in [0.2, 0.25) is 0 Å². The maximum Gasteiger partial charge on any atom is 0.102 e. The Morgan fingerprint density at radius 2 is 2.05 bits per heavy atom. The topological polar surface area (TPSA) is 12.5 Å². The van der Waals surface area contributed by atoms with E-state index in [1.54, 1.807) is 0 Å². The number of alkyl halides is 1. The van der Waals surface area contributed by atoms with E-state index in [0.29, 0.717) is 5.41 Å². The van der Waals surface area contributed by atoms with Crippen LogP contribution in [0.5, 0.6) is 0 Å². The molecule has 1 saturated heterocycles. The molecule has 1 aliphatic heterocycles. The number of aryl methyl sites for hydroxylation is 1. The van der Waals surface area contributed by atoms with Crippen LogP contribution in [0, 0.1) is 11.3 Å². The van der Waals surface area contributed by atoms with Gasteiger partial charge in [-0.25, -0.2) is 0 Å². The Morgan fingerprint density at radius 3 is 2.80 bits per heavy atom. The molecule has 1 aromatic carbocycles. The van der Waals surface area contributed by atoms with Gasteiger partial charge in [0.05, 0.1) is 0 Å². The van der Waals surface area contributed by atoms with Crippen molar-refractivity contribution in [2.75, 3.05) is 5.33 Å². The number of epoxide rings is 1. The molecule has 3 fully saturated rings. The van der Waals surface area contributed by atoms with Gasteiger partial charge in [-0.2, -0.15) is 0 Å². The Labute approximate surface area is 130 Å².